The Bertz CT molecular complexity index is 1620. The largest absolute Gasteiger partial charge is 0.481 e. The summed E-state index contributed by atoms with van der Waals surface area (Å²) >= 11 is 6.98. The van der Waals surface area contributed by atoms with Crippen molar-refractivity contribution in [2.24, 2.45) is 0 Å². The second-order valence-corrected chi connectivity index (χ2v) is 10.5. The number of carbonyl (C=O) groups excluding carboxylic acids is 1. The van der Waals surface area contributed by atoms with Gasteiger partial charge in [0.15, 0.2) is 0 Å². The summed E-state index contributed by atoms with van der Waals surface area (Å²) in [6.07, 6.45) is 4.96. The first-order chi connectivity index (χ1) is 19.9. The van der Waals surface area contributed by atoms with Crippen LogP contribution in [-0.2, 0) is 6.54 Å². The number of nitrogens with one attached hydrogen (secondary N) is 3. The molecule has 0 aliphatic heterocycles. The molecule has 2 heterocycles. The number of rotatable bonds is 8. The molecule has 1 fully saturated rings. The van der Waals surface area contributed by atoms with Crippen LogP contribution in [-0.4, -0.2) is 45.5 Å². The number of benzene rings is 2. The molecule has 4 N–H and O–H groups in total. The van der Waals surface area contributed by atoms with Crippen molar-refractivity contribution < 1.29 is 14.6 Å². The summed E-state index contributed by atoms with van der Waals surface area (Å²) in [6, 6.07) is 16.6. The summed E-state index contributed by atoms with van der Waals surface area (Å²) in [4.78, 5) is 29.5. The first-order valence-electron chi connectivity index (χ1n) is 13.6. The highest BCUT2D eigenvalue weighted by atomic mass is 35.5. The number of amides is 1. The number of hydrogen-bond acceptors (Lipinski definition) is 7. The maximum atomic E-state index is 12.8. The highest BCUT2D eigenvalue weighted by Crippen LogP contribution is 2.39. The molecule has 1 aliphatic carbocycles. The van der Waals surface area contributed by atoms with E-state index < -0.39 is 11.5 Å². The number of anilines is 1. The fourth-order valence-corrected chi connectivity index (χ4v) is 5.56. The number of pyridine rings is 1. The van der Waals surface area contributed by atoms with Gasteiger partial charge in [0.05, 0.1) is 23.9 Å². The standard InChI is InChI=1S/C31H32ClN5O4/c1-18-20(7-6-11-24(18)35-29(39)23-15-16-34-37-30(23)40)21-8-5-9-22(28(21)32)25-14-13-19(31(36-25)41-2)17-33-26-10-3-4-12-27(26)38/h5-9,11,13-16,26-27,33,38H,3-4,10,12,17H2,1-2H3,(H,35,39)(H,37,40). The molecule has 212 valence electrons. The lowest BCUT2D eigenvalue weighted by atomic mass is 9.92. The van der Waals surface area contributed by atoms with Crippen molar-refractivity contribution in [3.8, 4) is 28.3 Å². The van der Waals surface area contributed by atoms with Gasteiger partial charge in [0.25, 0.3) is 11.5 Å². The molecule has 1 amide bonds. The Labute approximate surface area is 243 Å². The van der Waals surface area contributed by atoms with Gasteiger partial charge in [-0.2, -0.15) is 5.10 Å². The summed E-state index contributed by atoms with van der Waals surface area (Å²) in [5.74, 6) is -0.0358. The van der Waals surface area contributed by atoms with E-state index in [2.05, 4.69) is 20.8 Å². The lowest BCUT2D eigenvalue weighted by Crippen LogP contribution is -2.41. The molecule has 1 aliphatic rings. The van der Waals surface area contributed by atoms with Gasteiger partial charge >= 0.3 is 0 Å². The summed E-state index contributed by atoms with van der Waals surface area (Å²) < 4.78 is 5.62. The zero-order valence-electron chi connectivity index (χ0n) is 22.9. The Kier molecular flexibility index (Phi) is 8.78. The van der Waals surface area contributed by atoms with E-state index in [0.29, 0.717) is 28.8 Å². The summed E-state index contributed by atoms with van der Waals surface area (Å²) in [5.41, 5.74) is 4.66. The van der Waals surface area contributed by atoms with Crippen molar-refractivity contribution in [1.82, 2.24) is 20.5 Å². The number of ether oxygens (including phenoxy) is 1. The van der Waals surface area contributed by atoms with Crippen molar-refractivity contribution in [2.75, 3.05) is 12.4 Å². The number of hydrogen-bond donors (Lipinski definition) is 4. The Morgan fingerprint density at radius 2 is 1.83 bits per heavy atom. The van der Waals surface area contributed by atoms with E-state index in [9.17, 15) is 14.7 Å². The van der Waals surface area contributed by atoms with Crippen LogP contribution in [0.2, 0.25) is 5.02 Å². The van der Waals surface area contributed by atoms with Gasteiger partial charge in [-0.1, -0.05) is 60.8 Å². The second-order valence-electron chi connectivity index (χ2n) is 10.1. The molecule has 0 saturated heterocycles. The Hall–Kier alpha value is -4.05. The molecular formula is C31H32ClN5O4. The minimum atomic E-state index is -0.564. The third-order valence-electron chi connectivity index (χ3n) is 7.53. The number of H-pyrrole nitrogens is 1. The van der Waals surface area contributed by atoms with Crippen molar-refractivity contribution in [3.63, 3.8) is 0 Å². The van der Waals surface area contributed by atoms with Crippen molar-refractivity contribution in [1.29, 1.82) is 0 Å². The van der Waals surface area contributed by atoms with Gasteiger partial charge in [-0.3, -0.25) is 9.59 Å². The molecule has 5 rings (SSSR count). The number of carbonyl (C=O) groups is 1. The quantitative estimate of drug-likeness (QED) is 0.230. The monoisotopic (exact) mass is 573 g/mol. The lowest BCUT2D eigenvalue weighted by Gasteiger charge is -2.28. The predicted octanol–water partition coefficient (Wildman–Crippen LogP) is 5.11. The zero-order chi connectivity index (χ0) is 28.9. The smallest absolute Gasteiger partial charge is 0.277 e. The molecular weight excluding hydrogens is 542 g/mol. The van der Waals surface area contributed by atoms with E-state index in [-0.39, 0.29) is 17.7 Å². The topological polar surface area (TPSA) is 129 Å². The fourth-order valence-electron chi connectivity index (χ4n) is 5.23. The number of methoxy groups -OCH3 is 1. The SMILES string of the molecule is COc1nc(-c2cccc(-c3cccc(NC(=O)c4ccn[nH]c4=O)c3C)c2Cl)ccc1CNC1CCCCC1O. The molecule has 2 atom stereocenters. The van der Waals surface area contributed by atoms with Gasteiger partial charge in [-0.15, -0.1) is 0 Å². The van der Waals surface area contributed by atoms with Crippen LogP contribution in [0.1, 0.15) is 47.2 Å². The van der Waals surface area contributed by atoms with Gasteiger partial charge in [0.1, 0.15) is 5.56 Å². The van der Waals surface area contributed by atoms with Crippen LogP contribution in [0.15, 0.2) is 65.6 Å². The van der Waals surface area contributed by atoms with Gasteiger partial charge in [-0.05, 0) is 49.1 Å². The van der Waals surface area contributed by atoms with Crippen LogP contribution in [0.5, 0.6) is 5.88 Å². The van der Waals surface area contributed by atoms with Crippen LogP contribution >= 0.6 is 11.6 Å². The highest BCUT2D eigenvalue weighted by Gasteiger charge is 2.23. The second kappa shape index (κ2) is 12.6. The summed E-state index contributed by atoms with van der Waals surface area (Å²) in [6.45, 7) is 2.42. The van der Waals surface area contributed by atoms with Gasteiger partial charge < -0.3 is 20.5 Å². The molecule has 1 saturated carbocycles. The molecule has 10 heteroatoms. The minimum Gasteiger partial charge on any atom is -0.481 e. The maximum Gasteiger partial charge on any atom is 0.277 e. The Balaban J connectivity index is 1.41. The van der Waals surface area contributed by atoms with E-state index in [1.807, 2.05) is 49.4 Å². The summed E-state index contributed by atoms with van der Waals surface area (Å²) in [5, 5.41) is 23.0. The average molecular weight is 574 g/mol. The maximum absolute atomic E-state index is 12.8. The van der Waals surface area contributed by atoms with Gasteiger partial charge in [0.2, 0.25) is 5.88 Å². The van der Waals surface area contributed by atoms with Crippen LogP contribution in [0.4, 0.5) is 5.69 Å². The van der Waals surface area contributed by atoms with Gasteiger partial charge in [-0.25, -0.2) is 10.1 Å². The fraction of sp³-hybridized carbons (Fsp3) is 0.290. The number of aromatic amines is 1. The van der Waals surface area contributed by atoms with E-state index in [0.717, 1.165) is 53.5 Å². The molecule has 9 nitrogen and oxygen atoms in total. The first-order valence-corrected chi connectivity index (χ1v) is 13.9. The Morgan fingerprint density at radius 1 is 1.07 bits per heavy atom. The van der Waals surface area contributed by atoms with E-state index in [4.69, 9.17) is 21.3 Å². The normalized spacial score (nSPS) is 16.8. The first kappa shape index (κ1) is 28.5. The molecule has 41 heavy (non-hydrogen) atoms. The van der Waals surface area contributed by atoms with E-state index >= 15 is 0 Å². The third kappa shape index (κ3) is 6.17. The van der Waals surface area contributed by atoms with Crippen molar-refractivity contribution in [3.05, 3.63) is 92.9 Å². The predicted molar refractivity (Wildman–Crippen MR) is 159 cm³/mol. The lowest BCUT2D eigenvalue weighted by molar-refractivity contribution is 0.0901. The van der Waals surface area contributed by atoms with E-state index in [1.165, 1.54) is 12.3 Å². The Morgan fingerprint density at radius 3 is 2.61 bits per heavy atom. The van der Waals surface area contributed by atoms with Crippen LogP contribution in [0, 0.1) is 6.92 Å². The van der Waals surface area contributed by atoms with Gasteiger partial charge in [0, 0.05) is 41.2 Å². The molecule has 4 aromatic rings. The van der Waals surface area contributed by atoms with Crippen LogP contribution < -0.4 is 20.9 Å². The molecule has 2 aromatic carbocycles. The number of aliphatic hydroxyl groups is 1. The molecule has 0 radical (unpaired) electrons. The number of nitrogens with zero attached hydrogens (tertiary/aromatic N) is 2. The molecule has 2 aromatic heterocycles. The van der Waals surface area contributed by atoms with Crippen molar-refractivity contribution in [2.45, 2.75) is 51.3 Å². The third-order valence-corrected chi connectivity index (χ3v) is 7.94. The molecule has 2 unspecified atom stereocenters. The summed E-state index contributed by atoms with van der Waals surface area (Å²) in [7, 11) is 1.59. The number of aliphatic hydroxyl groups excluding tert-OH is 1. The number of aromatic nitrogens is 3. The molecule has 0 spiro atoms. The highest BCUT2D eigenvalue weighted by molar-refractivity contribution is 6.36. The zero-order valence-corrected chi connectivity index (χ0v) is 23.7. The molecule has 0 bridgehead atoms. The van der Waals surface area contributed by atoms with Crippen LogP contribution in [0.3, 0.4) is 0 Å². The minimum absolute atomic E-state index is 0.0292. The van der Waals surface area contributed by atoms with Crippen LogP contribution in [0.25, 0.3) is 22.4 Å². The van der Waals surface area contributed by atoms with Crippen molar-refractivity contribution >= 4 is 23.2 Å². The average Bonchev–Trinajstić information content (AvgIpc) is 2.98. The van der Waals surface area contributed by atoms with E-state index in [1.54, 1.807) is 13.2 Å². The number of halogens is 1.